The first-order valence-corrected chi connectivity index (χ1v) is 7.62. The Hall–Kier alpha value is -0.850. The Morgan fingerprint density at radius 2 is 1.95 bits per heavy atom. The van der Waals surface area contributed by atoms with Crippen LogP contribution in [-0.4, -0.2) is 76.6 Å². The molecule has 6 nitrogen and oxygen atoms in total. The molecule has 0 atom stereocenters. The van der Waals surface area contributed by atoms with Gasteiger partial charge in [0.15, 0.2) is 5.96 Å². The van der Waals surface area contributed by atoms with Crippen molar-refractivity contribution >= 4 is 5.96 Å². The molecule has 0 bridgehead atoms. The summed E-state index contributed by atoms with van der Waals surface area (Å²) in [6.07, 6.45) is 0. The van der Waals surface area contributed by atoms with Gasteiger partial charge in [0.2, 0.25) is 0 Å². The van der Waals surface area contributed by atoms with Crippen molar-refractivity contribution in [1.29, 1.82) is 0 Å². The van der Waals surface area contributed by atoms with Crippen molar-refractivity contribution in [2.45, 2.75) is 13.8 Å². The number of rotatable bonds is 6. The van der Waals surface area contributed by atoms with Crippen molar-refractivity contribution in [3.8, 4) is 0 Å². The van der Waals surface area contributed by atoms with Gasteiger partial charge in [-0.05, 0) is 6.92 Å². The van der Waals surface area contributed by atoms with Gasteiger partial charge >= 0.3 is 0 Å². The maximum absolute atomic E-state index is 5.35. The highest BCUT2D eigenvalue weighted by molar-refractivity contribution is 5.79. The monoisotopic (exact) mass is 284 g/mol. The molecule has 6 heteroatoms. The van der Waals surface area contributed by atoms with E-state index < -0.39 is 0 Å². The highest BCUT2D eigenvalue weighted by Crippen LogP contribution is 2.26. The van der Waals surface area contributed by atoms with Crippen LogP contribution in [0.25, 0.3) is 0 Å². The lowest BCUT2D eigenvalue weighted by atomic mass is 9.89. The maximum atomic E-state index is 5.35. The Labute approximate surface area is 121 Å². The van der Waals surface area contributed by atoms with Gasteiger partial charge < -0.3 is 20.1 Å². The normalized spacial score (nSPS) is 23.2. The van der Waals surface area contributed by atoms with E-state index in [-0.39, 0.29) is 5.41 Å². The lowest BCUT2D eigenvalue weighted by Gasteiger charge is -2.36. The van der Waals surface area contributed by atoms with E-state index in [1.54, 1.807) is 0 Å². The first-order chi connectivity index (χ1) is 9.72. The van der Waals surface area contributed by atoms with Crippen LogP contribution in [0.5, 0.6) is 0 Å². The summed E-state index contributed by atoms with van der Waals surface area (Å²) < 4.78 is 10.6. The summed E-state index contributed by atoms with van der Waals surface area (Å²) in [5.41, 5.74) is 0.229. The second-order valence-corrected chi connectivity index (χ2v) is 5.88. The molecule has 0 aromatic heterocycles. The topological polar surface area (TPSA) is 58.1 Å². The molecule has 2 aliphatic rings. The molecular formula is C14H28N4O2. The Balaban J connectivity index is 1.69. The molecule has 2 rings (SSSR count). The standard InChI is InChI=1S/C14H28N4O2/c1-3-15-13(17-10-14(2)11-20-12-14)16-4-5-18-6-8-19-9-7-18/h3-12H2,1-2H3,(H2,15,16,17). The number of hydrogen-bond acceptors (Lipinski definition) is 4. The molecule has 0 spiro atoms. The zero-order chi connectivity index (χ0) is 14.3. The van der Waals surface area contributed by atoms with Crippen LogP contribution in [0.4, 0.5) is 0 Å². The summed E-state index contributed by atoms with van der Waals surface area (Å²) in [5, 5.41) is 6.70. The molecule has 2 saturated heterocycles. The molecule has 0 aliphatic carbocycles. The second-order valence-electron chi connectivity index (χ2n) is 5.88. The molecule has 2 fully saturated rings. The number of nitrogens with zero attached hydrogens (tertiary/aromatic N) is 2. The molecule has 2 N–H and O–H groups in total. The van der Waals surface area contributed by atoms with Crippen LogP contribution < -0.4 is 10.6 Å². The molecule has 0 saturated carbocycles. The van der Waals surface area contributed by atoms with E-state index >= 15 is 0 Å². The molecular weight excluding hydrogens is 256 g/mol. The third kappa shape index (κ3) is 4.92. The number of nitrogens with one attached hydrogen (secondary N) is 2. The summed E-state index contributed by atoms with van der Waals surface area (Å²) in [6.45, 7) is 13.4. The lowest BCUT2D eigenvalue weighted by Crippen LogP contribution is -2.46. The molecule has 2 heterocycles. The third-order valence-electron chi connectivity index (χ3n) is 3.69. The van der Waals surface area contributed by atoms with Gasteiger partial charge in [-0.1, -0.05) is 6.92 Å². The minimum absolute atomic E-state index is 0.229. The molecule has 0 radical (unpaired) electrons. The average Bonchev–Trinajstić information content (AvgIpc) is 2.44. The highest BCUT2D eigenvalue weighted by Gasteiger charge is 2.33. The minimum Gasteiger partial charge on any atom is -0.380 e. The van der Waals surface area contributed by atoms with Gasteiger partial charge in [0, 0.05) is 38.1 Å². The smallest absolute Gasteiger partial charge is 0.191 e. The Kier molecular flexibility index (Phi) is 6.06. The lowest BCUT2D eigenvalue weighted by molar-refractivity contribution is -0.0945. The summed E-state index contributed by atoms with van der Waals surface area (Å²) in [5.74, 6) is 0.911. The van der Waals surface area contributed by atoms with Gasteiger partial charge in [-0.15, -0.1) is 0 Å². The van der Waals surface area contributed by atoms with Gasteiger partial charge in [-0.25, -0.2) is 0 Å². The van der Waals surface area contributed by atoms with Crippen molar-refractivity contribution < 1.29 is 9.47 Å². The van der Waals surface area contributed by atoms with E-state index in [1.807, 2.05) is 0 Å². The summed E-state index contributed by atoms with van der Waals surface area (Å²) in [4.78, 5) is 7.08. The molecule has 0 aromatic carbocycles. The Bertz CT molecular complexity index is 312. The largest absolute Gasteiger partial charge is 0.380 e. The first kappa shape index (κ1) is 15.5. The molecule has 116 valence electrons. The number of aliphatic imine (C=N–C) groups is 1. The van der Waals surface area contributed by atoms with Gasteiger partial charge in [0.05, 0.1) is 33.0 Å². The van der Waals surface area contributed by atoms with E-state index in [2.05, 4.69) is 34.4 Å². The van der Waals surface area contributed by atoms with Crippen LogP contribution in [0.2, 0.25) is 0 Å². The van der Waals surface area contributed by atoms with Gasteiger partial charge in [0.1, 0.15) is 0 Å². The highest BCUT2D eigenvalue weighted by atomic mass is 16.5. The summed E-state index contributed by atoms with van der Waals surface area (Å²) >= 11 is 0. The second kappa shape index (κ2) is 7.81. The summed E-state index contributed by atoms with van der Waals surface area (Å²) in [7, 11) is 0. The van der Waals surface area contributed by atoms with Gasteiger partial charge in [0.25, 0.3) is 0 Å². The van der Waals surface area contributed by atoms with E-state index in [9.17, 15) is 0 Å². The van der Waals surface area contributed by atoms with Crippen molar-refractivity contribution in [3.05, 3.63) is 0 Å². The fraction of sp³-hybridized carbons (Fsp3) is 0.929. The Morgan fingerprint density at radius 3 is 2.55 bits per heavy atom. The fourth-order valence-corrected chi connectivity index (χ4v) is 2.31. The number of guanidine groups is 1. The van der Waals surface area contributed by atoms with Crippen molar-refractivity contribution in [2.75, 3.05) is 65.7 Å². The molecule has 0 amide bonds. The Morgan fingerprint density at radius 1 is 1.20 bits per heavy atom. The van der Waals surface area contributed by atoms with Crippen molar-refractivity contribution in [3.63, 3.8) is 0 Å². The van der Waals surface area contributed by atoms with E-state index in [0.717, 1.165) is 71.7 Å². The predicted octanol–water partition coefficient (Wildman–Crippen LogP) is -0.0898. The van der Waals surface area contributed by atoms with Crippen LogP contribution >= 0.6 is 0 Å². The number of hydrogen-bond donors (Lipinski definition) is 2. The zero-order valence-electron chi connectivity index (χ0n) is 12.8. The average molecular weight is 284 g/mol. The van der Waals surface area contributed by atoms with Gasteiger partial charge in [-0.2, -0.15) is 0 Å². The SMILES string of the molecule is CCNC(=NCC1(C)COC1)NCCN1CCOCC1. The molecule has 0 unspecified atom stereocenters. The number of ether oxygens (including phenoxy) is 2. The van der Waals surface area contributed by atoms with E-state index in [4.69, 9.17) is 9.47 Å². The quantitative estimate of drug-likeness (QED) is 0.527. The predicted molar refractivity (Wildman–Crippen MR) is 80.2 cm³/mol. The summed E-state index contributed by atoms with van der Waals surface area (Å²) in [6, 6.07) is 0. The number of morpholine rings is 1. The molecule has 0 aromatic rings. The van der Waals surface area contributed by atoms with Crippen LogP contribution in [-0.2, 0) is 9.47 Å². The zero-order valence-corrected chi connectivity index (χ0v) is 12.8. The van der Waals surface area contributed by atoms with Crippen LogP contribution in [0.15, 0.2) is 4.99 Å². The maximum Gasteiger partial charge on any atom is 0.191 e. The van der Waals surface area contributed by atoms with E-state index in [1.165, 1.54) is 0 Å². The third-order valence-corrected chi connectivity index (χ3v) is 3.69. The molecule has 20 heavy (non-hydrogen) atoms. The van der Waals surface area contributed by atoms with Gasteiger partial charge in [-0.3, -0.25) is 9.89 Å². The first-order valence-electron chi connectivity index (χ1n) is 7.62. The molecule has 2 aliphatic heterocycles. The van der Waals surface area contributed by atoms with E-state index in [0.29, 0.717) is 0 Å². The van der Waals surface area contributed by atoms with Crippen LogP contribution in [0.3, 0.4) is 0 Å². The fourth-order valence-electron chi connectivity index (χ4n) is 2.31. The van der Waals surface area contributed by atoms with Crippen molar-refractivity contribution in [2.24, 2.45) is 10.4 Å². The minimum atomic E-state index is 0.229. The van der Waals surface area contributed by atoms with Crippen LogP contribution in [0.1, 0.15) is 13.8 Å². The van der Waals surface area contributed by atoms with Crippen molar-refractivity contribution in [1.82, 2.24) is 15.5 Å². The van der Waals surface area contributed by atoms with Crippen LogP contribution in [0, 0.1) is 5.41 Å².